The van der Waals surface area contributed by atoms with Crippen LogP contribution < -0.4 is 5.32 Å². The van der Waals surface area contributed by atoms with Gasteiger partial charge < -0.3 is 10.4 Å². The Bertz CT molecular complexity index is 336. The second-order valence-corrected chi connectivity index (χ2v) is 5.28. The Morgan fingerprint density at radius 3 is 2.47 bits per heavy atom. The van der Waals surface area contributed by atoms with E-state index < -0.39 is 0 Å². The molecule has 0 aliphatic carbocycles. The molecule has 0 saturated carbocycles. The molecule has 1 atom stereocenters. The molecule has 0 aromatic heterocycles. The highest BCUT2D eigenvalue weighted by Gasteiger charge is 2.21. The zero-order valence-electron chi connectivity index (χ0n) is 9.90. The maximum absolute atomic E-state index is 9.23. The Morgan fingerprint density at radius 1 is 1.24 bits per heavy atom. The number of nitrogens with one attached hydrogen (secondary N) is 1. The molecule has 1 unspecified atom stereocenters. The van der Waals surface area contributed by atoms with Crippen LogP contribution in [-0.2, 0) is 0 Å². The van der Waals surface area contributed by atoms with Crippen LogP contribution in [0.5, 0.6) is 0 Å². The fourth-order valence-electron chi connectivity index (χ4n) is 2.36. The van der Waals surface area contributed by atoms with Gasteiger partial charge in [0.15, 0.2) is 0 Å². The quantitative estimate of drug-likeness (QED) is 0.889. The monoisotopic (exact) mass is 298 g/mol. The van der Waals surface area contributed by atoms with Crippen molar-refractivity contribution in [2.24, 2.45) is 0 Å². The summed E-state index contributed by atoms with van der Waals surface area (Å²) >= 11 is 3.46. The van der Waals surface area contributed by atoms with Crippen molar-refractivity contribution in [3.63, 3.8) is 0 Å². The molecule has 17 heavy (non-hydrogen) atoms. The molecule has 4 heteroatoms. The zero-order valence-corrected chi connectivity index (χ0v) is 11.5. The van der Waals surface area contributed by atoms with Crippen LogP contribution in [0.1, 0.15) is 18.0 Å². The fourth-order valence-corrected chi connectivity index (χ4v) is 2.63. The van der Waals surface area contributed by atoms with Crippen molar-refractivity contribution in [1.82, 2.24) is 10.2 Å². The number of piperazine rings is 1. The highest BCUT2D eigenvalue weighted by Crippen LogP contribution is 2.25. The van der Waals surface area contributed by atoms with Crippen LogP contribution in [0.4, 0.5) is 0 Å². The van der Waals surface area contributed by atoms with Gasteiger partial charge in [0, 0.05) is 43.3 Å². The third-order valence-electron chi connectivity index (χ3n) is 3.25. The van der Waals surface area contributed by atoms with E-state index in [1.54, 1.807) is 0 Å². The van der Waals surface area contributed by atoms with Gasteiger partial charge in [-0.15, -0.1) is 0 Å². The SMILES string of the molecule is OCCC(c1ccc(Br)cc1)N1CCNCC1. The molecular formula is C13H19BrN2O. The molecule has 0 radical (unpaired) electrons. The third-order valence-corrected chi connectivity index (χ3v) is 3.78. The Hall–Kier alpha value is -0.420. The van der Waals surface area contributed by atoms with E-state index in [-0.39, 0.29) is 6.61 Å². The van der Waals surface area contributed by atoms with Gasteiger partial charge in [-0.3, -0.25) is 4.90 Å². The number of rotatable bonds is 4. The molecular weight excluding hydrogens is 280 g/mol. The third kappa shape index (κ3) is 3.52. The molecule has 1 aliphatic heterocycles. The Balaban J connectivity index is 2.12. The number of hydrogen-bond donors (Lipinski definition) is 2. The second kappa shape index (κ2) is 6.50. The molecule has 3 nitrogen and oxygen atoms in total. The van der Waals surface area contributed by atoms with Gasteiger partial charge in [-0.05, 0) is 24.1 Å². The first-order chi connectivity index (χ1) is 8.31. The van der Waals surface area contributed by atoms with Gasteiger partial charge in [-0.2, -0.15) is 0 Å². The largest absolute Gasteiger partial charge is 0.396 e. The number of aliphatic hydroxyl groups excluding tert-OH is 1. The average molecular weight is 299 g/mol. The van der Waals surface area contributed by atoms with Crippen LogP contribution in [0.3, 0.4) is 0 Å². The summed E-state index contributed by atoms with van der Waals surface area (Å²) in [4.78, 5) is 2.45. The number of hydrogen-bond acceptors (Lipinski definition) is 3. The van der Waals surface area contributed by atoms with Gasteiger partial charge >= 0.3 is 0 Å². The molecule has 1 aromatic rings. The topological polar surface area (TPSA) is 35.5 Å². The van der Waals surface area contributed by atoms with E-state index in [0.717, 1.165) is 37.1 Å². The van der Waals surface area contributed by atoms with Crippen molar-refractivity contribution in [2.75, 3.05) is 32.8 Å². The minimum absolute atomic E-state index is 0.241. The molecule has 1 aliphatic rings. The first-order valence-corrected chi connectivity index (χ1v) is 6.91. The van der Waals surface area contributed by atoms with E-state index in [9.17, 15) is 5.11 Å². The molecule has 1 heterocycles. The number of benzene rings is 1. The van der Waals surface area contributed by atoms with E-state index in [1.165, 1.54) is 5.56 Å². The summed E-state index contributed by atoms with van der Waals surface area (Å²) in [5.41, 5.74) is 1.30. The van der Waals surface area contributed by atoms with E-state index >= 15 is 0 Å². The minimum atomic E-state index is 0.241. The molecule has 1 saturated heterocycles. The summed E-state index contributed by atoms with van der Waals surface area (Å²) in [7, 11) is 0. The Labute approximate surface area is 111 Å². The normalized spacial score (nSPS) is 19.2. The van der Waals surface area contributed by atoms with E-state index in [2.05, 4.69) is 50.4 Å². The van der Waals surface area contributed by atoms with Crippen molar-refractivity contribution >= 4 is 15.9 Å². The van der Waals surface area contributed by atoms with Crippen molar-refractivity contribution < 1.29 is 5.11 Å². The van der Waals surface area contributed by atoms with Crippen LogP contribution >= 0.6 is 15.9 Å². The number of aliphatic hydroxyl groups is 1. The van der Waals surface area contributed by atoms with Gasteiger partial charge in [0.2, 0.25) is 0 Å². The summed E-state index contributed by atoms with van der Waals surface area (Å²) in [6, 6.07) is 8.78. The zero-order chi connectivity index (χ0) is 12.1. The molecule has 1 fully saturated rings. The Kier molecular flexibility index (Phi) is 4.98. The maximum Gasteiger partial charge on any atom is 0.0449 e. The average Bonchev–Trinajstić information content (AvgIpc) is 2.38. The molecule has 0 bridgehead atoms. The molecule has 2 rings (SSSR count). The van der Waals surface area contributed by atoms with E-state index in [1.807, 2.05) is 0 Å². The summed E-state index contributed by atoms with van der Waals surface area (Å²) < 4.78 is 1.10. The predicted octanol–water partition coefficient (Wildman–Crippen LogP) is 1.78. The lowest BCUT2D eigenvalue weighted by molar-refractivity contribution is 0.141. The van der Waals surface area contributed by atoms with Gasteiger partial charge in [-0.1, -0.05) is 28.1 Å². The molecule has 1 aromatic carbocycles. The number of halogens is 1. The Morgan fingerprint density at radius 2 is 1.88 bits per heavy atom. The van der Waals surface area contributed by atoms with Crippen LogP contribution in [-0.4, -0.2) is 42.8 Å². The first-order valence-electron chi connectivity index (χ1n) is 6.12. The lowest BCUT2D eigenvalue weighted by Gasteiger charge is -2.35. The fraction of sp³-hybridized carbons (Fsp3) is 0.538. The summed E-state index contributed by atoms with van der Waals surface area (Å²) in [6.07, 6.45) is 0.807. The minimum Gasteiger partial charge on any atom is -0.396 e. The second-order valence-electron chi connectivity index (χ2n) is 4.37. The maximum atomic E-state index is 9.23. The first kappa shape index (κ1) is 13.0. The standard InChI is InChI=1S/C13H19BrN2O/c14-12-3-1-11(2-4-12)13(5-10-17)16-8-6-15-7-9-16/h1-4,13,15,17H,5-10H2. The van der Waals surface area contributed by atoms with Crippen LogP contribution in [0.2, 0.25) is 0 Å². The molecule has 0 amide bonds. The van der Waals surface area contributed by atoms with Crippen molar-refractivity contribution in [2.45, 2.75) is 12.5 Å². The van der Waals surface area contributed by atoms with Crippen LogP contribution in [0, 0.1) is 0 Å². The van der Waals surface area contributed by atoms with Crippen LogP contribution in [0.25, 0.3) is 0 Å². The van der Waals surface area contributed by atoms with Gasteiger partial charge in [0.1, 0.15) is 0 Å². The van der Waals surface area contributed by atoms with Gasteiger partial charge in [0.25, 0.3) is 0 Å². The van der Waals surface area contributed by atoms with Gasteiger partial charge in [0.05, 0.1) is 0 Å². The van der Waals surface area contributed by atoms with Crippen molar-refractivity contribution in [3.05, 3.63) is 34.3 Å². The molecule has 94 valence electrons. The van der Waals surface area contributed by atoms with E-state index in [4.69, 9.17) is 0 Å². The van der Waals surface area contributed by atoms with Crippen LogP contribution in [0.15, 0.2) is 28.7 Å². The van der Waals surface area contributed by atoms with Crippen molar-refractivity contribution in [1.29, 1.82) is 0 Å². The predicted molar refractivity (Wildman–Crippen MR) is 73.0 cm³/mol. The van der Waals surface area contributed by atoms with Gasteiger partial charge in [-0.25, -0.2) is 0 Å². The number of nitrogens with zero attached hydrogens (tertiary/aromatic N) is 1. The highest BCUT2D eigenvalue weighted by atomic mass is 79.9. The van der Waals surface area contributed by atoms with Crippen molar-refractivity contribution in [3.8, 4) is 0 Å². The molecule has 2 N–H and O–H groups in total. The van der Waals surface area contributed by atoms with E-state index in [0.29, 0.717) is 6.04 Å². The lowest BCUT2D eigenvalue weighted by Crippen LogP contribution is -2.45. The summed E-state index contributed by atoms with van der Waals surface area (Å²) in [5, 5.41) is 12.6. The smallest absolute Gasteiger partial charge is 0.0449 e. The summed E-state index contributed by atoms with van der Waals surface area (Å²) in [5.74, 6) is 0. The lowest BCUT2D eigenvalue weighted by atomic mass is 10.0. The summed E-state index contributed by atoms with van der Waals surface area (Å²) in [6.45, 7) is 4.43. The highest BCUT2D eigenvalue weighted by molar-refractivity contribution is 9.10. The molecule has 0 spiro atoms.